The van der Waals surface area contributed by atoms with Gasteiger partial charge in [-0.2, -0.15) is 12.7 Å². The lowest BCUT2D eigenvalue weighted by Gasteiger charge is -2.19. The lowest BCUT2D eigenvalue weighted by molar-refractivity contribution is -0.137. The van der Waals surface area contributed by atoms with E-state index in [0.717, 1.165) is 9.99 Å². The lowest BCUT2D eigenvalue weighted by Crippen LogP contribution is -2.34. The van der Waals surface area contributed by atoms with Crippen LogP contribution in [0.25, 0.3) is 0 Å². The molecule has 20 heavy (non-hydrogen) atoms. The highest BCUT2D eigenvalue weighted by molar-refractivity contribution is 7.90. The number of hydrogen-bond donors (Lipinski definition) is 2. The molecule has 1 aromatic carbocycles. The summed E-state index contributed by atoms with van der Waals surface area (Å²) in [6.07, 6.45) is -0.241. The first-order valence-electron chi connectivity index (χ1n) is 5.95. The van der Waals surface area contributed by atoms with E-state index in [1.54, 1.807) is 18.2 Å². The van der Waals surface area contributed by atoms with Gasteiger partial charge in [-0.15, -0.1) is 0 Å². The van der Waals surface area contributed by atoms with Gasteiger partial charge in [0, 0.05) is 33.4 Å². The Hall–Kier alpha value is -1.80. The molecule has 0 atom stereocenters. The molecule has 1 aromatic rings. The molecule has 112 valence electrons. The van der Waals surface area contributed by atoms with Gasteiger partial charge in [-0.05, 0) is 18.2 Å². The summed E-state index contributed by atoms with van der Waals surface area (Å²) < 4.78 is 27.4. The minimum Gasteiger partial charge on any atom is -0.481 e. The zero-order chi connectivity index (χ0) is 15.3. The van der Waals surface area contributed by atoms with Crippen LogP contribution in [0.4, 0.5) is 11.4 Å². The van der Waals surface area contributed by atoms with Gasteiger partial charge < -0.3 is 10.0 Å². The first-order chi connectivity index (χ1) is 9.22. The van der Waals surface area contributed by atoms with Crippen molar-refractivity contribution in [1.82, 2.24) is 4.31 Å². The Morgan fingerprint density at radius 3 is 2.50 bits per heavy atom. The van der Waals surface area contributed by atoms with Gasteiger partial charge in [0.25, 0.3) is 0 Å². The average Bonchev–Trinajstić information content (AvgIpc) is 2.35. The Morgan fingerprint density at radius 2 is 1.95 bits per heavy atom. The molecule has 0 unspecified atom stereocenters. The normalized spacial score (nSPS) is 11.4. The number of anilines is 2. The van der Waals surface area contributed by atoms with Crippen molar-refractivity contribution in [3.05, 3.63) is 24.3 Å². The second-order valence-electron chi connectivity index (χ2n) is 4.52. The molecule has 0 radical (unpaired) electrons. The van der Waals surface area contributed by atoms with Crippen molar-refractivity contribution < 1.29 is 18.3 Å². The first kappa shape index (κ1) is 16.3. The second-order valence-corrected chi connectivity index (χ2v) is 6.29. The largest absolute Gasteiger partial charge is 0.481 e. The third-order valence-electron chi connectivity index (χ3n) is 2.66. The van der Waals surface area contributed by atoms with Crippen LogP contribution in [-0.2, 0) is 15.0 Å². The van der Waals surface area contributed by atoms with E-state index in [-0.39, 0.29) is 13.0 Å². The molecule has 0 amide bonds. The molecule has 0 aliphatic carbocycles. The van der Waals surface area contributed by atoms with E-state index in [2.05, 4.69) is 4.72 Å². The molecule has 2 N–H and O–H groups in total. The van der Waals surface area contributed by atoms with Crippen molar-refractivity contribution in [2.75, 3.05) is 37.3 Å². The third kappa shape index (κ3) is 4.71. The van der Waals surface area contributed by atoms with Crippen LogP contribution in [0.15, 0.2) is 24.3 Å². The van der Waals surface area contributed by atoms with Crippen molar-refractivity contribution in [2.45, 2.75) is 6.42 Å². The number of rotatable bonds is 7. The number of carbonyl (C=O) groups is 1. The van der Waals surface area contributed by atoms with E-state index in [1.807, 2.05) is 25.1 Å². The van der Waals surface area contributed by atoms with Gasteiger partial charge in [-0.1, -0.05) is 6.07 Å². The molecular formula is C12H19N3O4S. The second kappa shape index (κ2) is 6.58. The van der Waals surface area contributed by atoms with Crippen molar-refractivity contribution in [3.63, 3.8) is 0 Å². The zero-order valence-corrected chi connectivity index (χ0v) is 12.5. The van der Waals surface area contributed by atoms with Crippen LogP contribution in [0, 0.1) is 0 Å². The van der Waals surface area contributed by atoms with Crippen LogP contribution in [-0.4, -0.2) is 51.5 Å². The van der Waals surface area contributed by atoms with Crippen molar-refractivity contribution >= 4 is 27.6 Å². The molecule has 0 aromatic heterocycles. The summed E-state index contributed by atoms with van der Waals surface area (Å²) in [5, 5.41) is 8.57. The topological polar surface area (TPSA) is 90.0 Å². The monoisotopic (exact) mass is 301 g/mol. The fourth-order valence-electron chi connectivity index (χ4n) is 1.45. The minimum atomic E-state index is -3.75. The van der Waals surface area contributed by atoms with E-state index in [4.69, 9.17) is 5.11 Å². The van der Waals surface area contributed by atoms with Crippen LogP contribution < -0.4 is 9.62 Å². The first-order valence-corrected chi connectivity index (χ1v) is 7.39. The van der Waals surface area contributed by atoms with Gasteiger partial charge >= 0.3 is 16.2 Å². The summed E-state index contributed by atoms with van der Waals surface area (Å²) >= 11 is 0. The van der Waals surface area contributed by atoms with Crippen LogP contribution in [0.5, 0.6) is 0 Å². The summed E-state index contributed by atoms with van der Waals surface area (Å²) in [5.74, 6) is -1.04. The van der Waals surface area contributed by atoms with Crippen LogP contribution >= 0.6 is 0 Å². The van der Waals surface area contributed by atoms with E-state index in [0.29, 0.717) is 5.69 Å². The Morgan fingerprint density at radius 1 is 1.30 bits per heavy atom. The SMILES string of the molecule is CN(C)c1cccc(NS(=O)(=O)N(C)CCC(=O)O)c1. The Bertz CT molecular complexity index is 572. The van der Waals surface area contributed by atoms with Crippen LogP contribution in [0.3, 0.4) is 0 Å². The van der Waals surface area contributed by atoms with Crippen LogP contribution in [0.1, 0.15) is 6.42 Å². The highest BCUT2D eigenvalue weighted by atomic mass is 32.2. The van der Waals surface area contributed by atoms with E-state index >= 15 is 0 Å². The van der Waals surface area contributed by atoms with Gasteiger partial charge in [-0.3, -0.25) is 9.52 Å². The molecule has 0 heterocycles. The average molecular weight is 301 g/mol. The number of nitrogens with zero attached hydrogens (tertiary/aromatic N) is 2. The number of aliphatic carboxylic acids is 1. The molecule has 8 heteroatoms. The van der Waals surface area contributed by atoms with Crippen molar-refractivity contribution in [3.8, 4) is 0 Å². The lowest BCUT2D eigenvalue weighted by atomic mass is 10.3. The number of hydrogen-bond acceptors (Lipinski definition) is 4. The third-order valence-corrected chi connectivity index (χ3v) is 4.16. The van der Waals surface area contributed by atoms with Gasteiger partial charge in [-0.25, -0.2) is 0 Å². The standard InChI is InChI=1S/C12H19N3O4S/c1-14(2)11-6-4-5-10(9-11)13-20(18,19)15(3)8-7-12(16)17/h4-6,9,13H,7-8H2,1-3H3,(H,16,17). The van der Waals surface area contributed by atoms with Crippen LogP contribution in [0.2, 0.25) is 0 Å². The molecule has 0 bridgehead atoms. The fourth-order valence-corrected chi connectivity index (χ4v) is 2.36. The maximum atomic E-state index is 12.0. The maximum absolute atomic E-state index is 12.0. The summed E-state index contributed by atoms with van der Waals surface area (Å²) in [7, 11) is 1.29. The zero-order valence-electron chi connectivity index (χ0n) is 11.7. The maximum Gasteiger partial charge on any atom is 0.304 e. The van der Waals surface area contributed by atoms with E-state index in [9.17, 15) is 13.2 Å². The van der Waals surface area contributed by atoms with Gasteiger partial charge in [0.2, 0.25) is 0 Å². The van der Waals surface area contributed by atoms with Gasteiger partial charge in [0.15, 0.2) is 0 Å². The molecule has 0 spiro atoms. The molecule has 1 rings (SSSR count). The Kier molecular flexibility index (Phi) is 5.34. The number of nitrogens with one attached hydrogen (secondary N) is 1. The van der Waals surface area contributed by atoms with Crippen molar-refractivity contribution in [2.24, 2.45) is 0 Å². The predicted octanol–water partition coefficient (Wildman–Crippen LogP) is 0.816. The summed E-state index contributed by atoms with van der Waals surface area (Å²) in [4.78, 5) is 12.3. The van der Waals surface area contributed by atoms with Gasteiger partial charge in [0.05, 0.1) is 12.1 Å². The minimum absolute atomic E-state index is 0.0853. The highest BCUT2D eigenvalue weighted by Gasteiger charge is 2.18. The molecule has 7 nitrogen and oxygen atoms in total. The fraction of sp³-hybridized carbons (Fsp3) is 0.417. The quantitative estimate of drug-likeness (QED) is 0.778. The molecule has 0 fully saturated rings. The molecule has 0 saturated carbocycles. The summed E-state index contributed by atoms with van der Waals surface area (Å²) in [6, 6.07) is 6.93. The van der Waals surface area contributed by atoms with Crippen molar-refractivity contribution in [1.29, 1.82) is 0 Å². The number of carboxylic acids is 1. The number of benzene rings is 1. The summed E-state index contributed by atoms with van der Waals surface area (Å²) in [5.41, 5.74) is 1.29. The Labute approximate surface area is 119 Å². The smallest absolute Gasteiger partial charge is 0.304 e. The molecule has 0 saturated heterocycles. The predicted molar refractivity (Wildman–Crippen MR) is 78.2 cm³/mol. The van der Waals surface area contributed by atoms with E-state index in [1.165, 1.54) is 7.05 Å². The van der Waals surface area contributed by atoms with Gasteiger partial charge in [0.1, 0.15) is 0 Å². The highest BCUT2D eigenvalue weighted by Crippen LogP contribution is 2.18. The van der Waals surface area contributed by atoms with E-state index < -0.39 is 16.2 Å². The number of carboxylic acid groups (broad SMARTS) is 1. The molecule has 0 aliphatic heterocycles. The molecule has 0 aliphatic rings. The Balaban J connectivity index is 2.80. The summed E-state index contributed by atoms with van der Waals surface area (Å²) in [6.45, 7) is -0.0853. The molecular weight excluding hydrogens is 282 g/mol.